The van der Waals surface area contributed by atoms with Gasteiger partial charge in [0.2, 0.25) is 0 Å². The predicted octanol–water partition coefficient (Wildman–Crippen LogP) is 3.38. The van der Waals surface area contributed by atoms with Gasteiger partial charge in [0.1, 0.15) is 22.1 Å². The minimum atomic E-state index is -1.02. The van der Waals surface area contributed by atoms with E-state index in [1.165, 1.54) is 12.4 Å². The summed E-state index contributed by atoms with van der Waals surface area (Å²) in [4.78, 5) is 28.3. The van der Waals surface area contributed by atoms with Gasteiger partial charge in [-0.2, -0.15) is 0 Å². The second-order valence-corrected chi connectivity index (χ2v) is 8.79. The van der Waals surface area contributed by atoms with Crippen molar-refractivity contribution in [3.63, 3.8) is 0 Å². The van der Waals surface area contributed by atoms with E-state index in [0.29, 0.717) is 44.7 Å². The normalized spacial score (nSPS) is 19.1. The maximum absolute atomic E-state index is 12.7. The number of hydrogen-bond acceptors (Lipinski definition) is 7. The number of rotatable bonds is 6. The van der Waals surface area contributed by atoms with Crippen molar-refractivity contribution in [2.24, 2.45) is 0 Å². The lowest BCUT2D eigenvalue weighted by atomic mass is 9.96. The minimum absolute atomic E-state index is 0.147. The zero-order valence-corrected chi connectivity index (χ0v) is 18.3. The fraction of sp³-hybridized carbons (Fsp3) is 0.391. The van der Waals surface area contributed by atoms with E-state index in [1.54, 1.807) is 22.4 Å². The number of amides is 1. The number of ether oxygens (including phenoxy) is 1. The molecule has 0 radical (unpaired) electrons. The highest BCUT2D eigenvalue weighted by Gasteiger charge is 2.36. The van der Waals surface area contributed by atoms with E-state index in [-0.39, 0.29) is 5.91 Å². The van der Waals surface area contributed by atoms with Crippen LogP contribution in [0.25, 0.3) is 0 Å². The molecule has 0 aliphatic carbocycles. The maximum atomic E-state index is 12.7. The quantitative estimate of drug-likeness (QED) is 0.635. The molecule has 1 N–H and O–H groups in total. The van der Waals surface area contributed by atoms with Crippen molar-refractivity contribution in [2.75, 3.05) is 19.7 Å². The molecule has 1 atom stereocenters. The third-order valence-corrected chi connectivity index (χ3v) is 6.93. The first-order chi connectivity index (χ1) is 15.0. The fourth-order valence-corrected chi connectivity index (χ4v) is 4.93. The van der Waals surface area contributed by atoms with Crippen molar-refractivity contribution in [1.29, 1.82) is 0 Å². The van der Waals surface area contributed by atoms with Crippen LogP contribution in [0.1, 0.15) is 45.3 Å². The molecule has 1 aliphatic rings. The van der Waals surface area contributed by atoms with Crippen LogP contribution in [0.2, 0.25) is 0 Å². The van der Waals surface area contributed by atoms with Gasteiger partial charge in [0.15, 0.2) is 0 Å². The SMILES string of the molecule is Cc1nc([C@]2(O)CCCN(C(=O)c3cnccn3)CC2)sc1CCOc1ccccc1. The summed E-state index contributed by atoms with van der Waals surface area (Å²) in [5, 5.41) is 12.1. The molecule has 1 aromatic carbocycles. The number of hydrogen-bond donors (Lipinski definition) is 1. The first kappa shape index (κ1) is 21.4. The van der Waals surface area contributed by atoms with Gasteiger partial charge in [-0.25, -0.2) is 9.97 Å². The summed E-state index contributed by atoms with van der Waals surface area (Å²) in [6.45, 7) is 3.57. The predicted molar refractivity (Wildman–Crippen MR) is 118 cm³/mol. The number of likely N-dealkylation sites (tertiary alicyclic amines) is 1. The Hall–Kier alpha value is -2.84. The molecule has 31 heavy (non-hydrogen) atoms. The highest BCUT2D eigenvalue weighted by atomic mass is 32.1. The fourth-order valence-electron chi connectivity index (χ4n) is 3.74. The van der Waals surface area contributed by atoms with Gasteiger partial charge < -0.3 is 14.7 Å². The third-order valence-electron chi connectivity index (χ3n) is 5.52. The number of aryl methyl sites for hydroxylation is 1. The van der Waals surface area contributed by atoms with Gasteiger partial charge in [0, 0.05) is 43.2 Å². The Labute approximate surface area is 185 Å². The van der Waals surface area contributed by atoms with Crippen LogP contribution >= 0.6 is 11.3 Å². The second kappa shape index (κ2) is 9.53. The van der Waals surface area contributed by atoms with Gasteiger partial charge in [0.05, 0.1) is 18.5 Å². The van der Waals surface area contributed by atoms with E-state index in [9.17, 15) is 9.90 Å². The van der Waals surface area contributed by atoms with Crippen LogP contribution in [0.4, 0.5) is 0 Å². The summed E-state index contributed by atoms with van der Waals surface area (Å²) in [7, 11) is 0. The van der Waals surface area contributed by atoms with Crippen LogP contribution in [-0.4, -0.2) is 50.6 Å². The first-order valence-electron chi connectivity index (χ1n) is 10.5. The van der Waals surface area contributed by atoms with Gasteiger partial charge in [0.25, 0.3) is 5.91 Å². The molecule has 0 unspecified atom stereocenters. The van der Waals surface area contributed by atoms with Crippen molar-refractivity contribution in [3.8, 4) is 5.75 Å². The lowest BCUT2D eigenvalue weighted by molar-refractivity contribution is 0.0209. The average Bonchev–Trinajstić information content (AvgIpc) is 3.06. The smallest absolute Gasteiger partial charge is 0.274 e. The van der Waals surface area contributed by atoms with Crippen molar-refractivity contribution in [3.05, 3.63) is 70.2 Å². The van der Waals surface area contributed by atoms with E-state index >= 15 is 0 Å². The summed E-state index contributed by atoms with van der Waals surface area (Å²) >= 11 is 1.55. The van der Waals surface area contributed by atoms with Crippen LogP contribution in [0.15, 0.2) is 48.9 Å². The molecule has 0 spiro atoms. The van der Waals surface area contributed by atoms with Gasteiger partial charge in [-0.15, -0.1) is 11.3 Å². The summed E-state index contributed by atoms with van der Waals surface area (Å²) in [5.41, 5.74) is 0.242. The van der Waals surface area contributed by atoms with Gasteiger partial charge in [-0.3, -0.25) is 9.78 Å². The summed E-state index contributed by atoms with van der Waals surface area (Å²) in [5.74, 6) is 0.701. The molecular weight excluding hydrogens is 412 g/mol. The number of aliphatic hydroxyl groups is 1. The third kappa shape index (κ3) is 5.08. The molecule has 1 fully saturated rings. The number of benzene rings is 1. The second-order valence-electron chi connectivity index (χ2n) is 7.71. The number of nitrogens with zero attached hydrogens (tertiary/aromatic N) is 4. The molecular formula is C23H26N4O3S. The molecule has 3 heterocycles. The zero-order valence-electron chi connectivity index (χ0n) is 17.5. The number of para-hydroxylation sites is 1. The van der Waals surface area contributed by atoms with E-state index in [4.69, 9.17) is 4.74 Å². The van der Waals surface area contributed by atoms with Crippen molar-refractivity contribution in [1.82, 2.24) is 19.9 Å². The Morgan fingerprint density at radius 2 is 2.06 bits per heavy atom. The van der Waals surface area contributed by atoms with Crippen LogP contribution in [0.5, 0.6) is 5.75 Å². The van der Waals surface area contributed by atoms with Crippen molar-refractivity contribution < 1.29 is 14.6 Å². The van der Waals surface area contributed by atoms with E-state index < -0.39 is 5.60 Å². The summed E-state index contributed by atoms with van der Waals surface area (Å²) in [6, 6.07) is 9.74. The number of aromatic nitrogens is 3. The molecule has 2 aromatic heterocycles. The van der Waals surface area contributed by atoms with Crippen molar-refractivity contribution >= 4 is 17.2 Å². The number of carbonyl (C=O) groups excluding carboxylic acids is 1. The van der Waals surface area contributed by atoms with Gasteiger partial charge in [-0.05, 0) is 31.9 Å². The number of carbonyl (C=O) groups is 1. The summed E-state index contributed by atoms with van der Waals surface area (Å²) < 4.78 is 5.81. The lowest BCUT2D eigenvalue weighted by Gasteiger charge is -2.24. The molecule has 7 nitrogen and oxygen atoms in total. The highest BCUT2D eigenvalue weighted by molar-refractivity contribution is 7.11. The Morgan fingerprint density at radius 1 is 1.23 bits per heavy atom. The summed E-state index contributed by atoms with van der Waals surface area (Å²) in [6.07, 6.45) is 7.01. The molecule has 162 valence electrons. The Morgan fingerprint density at radius 3 is 2.84 bits per heavy atom. The average molecular weight is 439 g/mol. The maximum Gasteiger partial charge on any atom is 0.274 e. The van der Waals surface area contributed by atoms with Crippen molar-refractivity contribution in [2.45, 2.75) is 38.2 Å². The van der Waals surface area contributed by atoms with Crippen LogP contribution in [0.3, 0.4) is 0 Å². The minimum Gasteiger partial charge on any atom is -0.493 e. The Bertz CT molecular complexity index is 1010. The lowest BCUT2D eigenvalue weighted by Crippen LogP contribution is -2.34. The topological polar surface area (TPSA) is 88.4 Å². The van der Waals surface area contributed by atoms with Gasteiger partial charge in [-0.1, -0.05) is 18.2 Å². The van der Waals surface area contributed by atoms with Crippen LogP contribution < -0.4 is 4.74 Å². The van der Waals surface area contributed by atoms with Crippen LogP contribution in [0, 0.1) is 6.92 Å². The molecule has 8 heteroatoms. The largest absolute Gasteiger partial charge is 0.493 e. The standard InChI is InChI=1S/C23H26N4O3S/c1-17-20(8-15-30-18-6-3-2-4-7-18)31-22(26-17)23(29)9-5-13-27(14-10-23)21(28)19-16-24-11-12-25-19/h2-4,6-7,11-12,16,29H,5,8-10,13-15H2,1H3/t23-/m0/s1. The highest BCUT2D eigenvalue weighted by Crippen LogP contribution is 2.36. The van der Waals surface area contributed by atoms with E-state index in [1.807, 2.05) is 37.3 Å². The monoisotopic (exact) mass is 438 g/mol. The van der Waals surface area contributed by atoms with E-state index in [2.05, 4.69) is 15.0 Å². The molecule has 3 aromatic rings. The molecule has 1 saturated heterocycles. The Kier molecular flexibility index (Phi) is 6.58. The molecule has 1 aliphatic heterocycles. The van der Waals surface area contributed by atoms with Crippen LogP contribution in [-0.2, 0) is 12.0 Å². The molecule has 1 amide bonds. The Balaban J connectivity index is 1.39. The molecule has 4 rings (SSSR count). The van der Waals surface area contributed by atoms with E-state index in [0.717, 1.165) is 27.7 Å². The zero-order chi connectivity index (χ0) is 21.7. The molecule has 0 saturated carbocycles. The number of thiazole rings is 1. The van der Waals surface area contributed by atoms with Gasteiger partial charge >= 0.3 is 0 Å². The molecule has 0 bridgehead atoms. The first-order valence-corrected chi connectivity index (χ1v) is 11.3.